The van der Waals surface area contributed by atoms with Crippen molar-refractivity contribution >= 4 is 43.4 Å². The minimum atomic E-state index is -0.631. The molecule has 1 heterocycles. The van der Waals surface area contributed by atoms with Crippen LogP contribution in [0.5, 0.6) is 0 Å². The molecule has 1 saturated heterocycles. The first-order chi connectivity index (χ1) is 10.3. The fraction of sp³-hybridized carbons (Fsp3) is 0.588. The number of carbonyl (C=O) groups is 1. The van der Waals surface area contributed by atoms with Crippen LogP contribution in [0.1, 0.15) is 41.8 Å². The van der Waals surface area contributed by atoms with E-state index in [9.17, 15) is 4.79 Å². The minimum absolute atomic E-state index is 0. The summed E-state index contributed by atoms with van der Waals surface area (Å²) < 4.78 is 0. The number of benzene rings is 1. The molecular formula is C17H29Cl2N3OS. The Balaban J connectivity index is 0.00000264. The van der Waals surface area contributed by atoms with Crippen molar-refractivity contribution in [1.82, 2.24) is 10.2 Å². The highest BCUT2D eigenvalue weighted by molar-refractivity contribution is 7.81. The highest BCUT2D eigenvalue weighted by Gasteiger charge is 2.43. The lowest BCUT2D eigenvalue weighted by Crippen LogP contribution is -2.73. The van der Waals surface area contributed by atoms with E-state index in [1.165, 1.54) is 0 Å². The largest absolute Gasteiger partial charge is 0.330 e. The summed E-state index contributed by atoms with van der Waals surface area (Å²) in [6, 6.07) is 5.73. The first-order valence-electron chi connectivity index (χ1n) is 7.88. The monoisotopic (exact) mass is 393 g/mol. The molecule has 1 aliphatic rings. The normalized spacial score (nSPS) is 24.6. The van der Waals surface area contributed by atoms with E-state index in [0.717, 1.165) is 23.1 Å². The van der Waals surface area contributed by atoms with Gasteiger partial charge in [-0.15, -0.1) is 24.8 Å². The Morgan fingerprint density at radius 3 is 2.67 bits per heavy atom. The summed E-state index contributed by atoms with van der Waals surface area (Å²) in [6.45, 7) is 9.40. The van der Waals surface area contributed by atoms with Gasteiger partial charge in [-0.3, -0.25) is 10.1 Å². The molecule has 7 heteroatoms. The number of halogens is 2. The molecule has 24 heavy (non-hydrogen) atoms. The number of carbonyl (C=O) groups excluding carboxylic acids is 1. The number of piperazine rings is 1. The summed E-state index contributed by atoms with van der Waals surface area (Å²) in [5.41, 5.74) is 8.72. The van der Waals surface area contributed by atoms with E-state index < -0.39 is 5.66 Å². The van der Waals surface area contributed by atoms with Crippen molar-refractivity contribution < 1.29 is 4.79 Å². The zero-order valence-electron chi connectivity index (χ0n) is 14.7. The Morgan fingerprint density at radius 2 is 2.08 bits per heavy atom. The molecule has 1 aromatic rings. The Labute approximate surface area is 163 Å². The Kier molecular flexibility index (Phi) is 9.12. The van der Waals surface area contributed by atoms with Gasteiger partial charge in [-0.2, -0.15) is 12.6 Å². The van der Waals surface area contributed by atoms with Gasteiger partial charge >= 0.3 is 0 Å². The van der Waals surface area contributed by atoms with E-state index in [0.29, 0.717) is 13.1 Å². The summed E-state index contributed by atoms with van der Waals surface area (Å²) >= 11 is 4.68. The maximum Gasteiger partial charge on any atom is 0.254 e. The van der Waals surface area contributed by atoms with E-state index in [2.05, 4.69) is 24.9 Å². The molecule has 3 N–H and O–H groups in total. The van der Waals surface area contributed by atoms with Crippen LogP contribution >= 0.6 is 37.4 Å². The number of amides is 1. The Morgan fingerprint density at radius 1 is 1.46 bits per heavy atom. The van der Waals surface area contributed by atoms with Crippen LogP contribution in [0.25, 0.3) is 0 Å². The molecular weight excluding hydrogens is 365 g/mol. The van der Waals surface area contributed by atoms with E-state index in [1.54, 1.807) is 0 Å². The summed E-state index contributed by atoms with van der Waals surface area (Å²) in [4.78, 5) is 15.0. The van der Waals surface area contributed by atoms with Gasteiger partial charge in [0, 0.05) is 23.9 Å². The smallest absolute Gasteiger partial charge is 0.254 e. The van der Waals surface area contributed by atoms with Crippen molar-refractivity contribution in [2.24, 2.45) is 5.73 Å². The zero-order valence-corrected chi connectivity index (χ0v) is 17.2. The summed E-state index contributed by atoms with van der Waals surface area (Å²) in [5, 5.41) is 3.36. The van der Waals surface area contributed by atoms with Gasteiger partial charge in [-0.1, -0.05) is 19.1 Å². The first-order valence-corrected chi connectivity index (χ1v) is 8.40. The average Bonchev–Trinajstić information content (AvgIpc) is 2.47. The lowest BCUT2D eigenvalue weighted by molar-refractivity contribution is 0.0407. The second-order valence-corrected chi connectivity index (χ2v) is 7.04. The minimum Gasteiger partial charge on any atom is -0.330 e. The van der Waals surface area contributed by atoms with Crippen LogP contribution in [0, 0.1) is 13.8 Å². The third kappa shape index (κ3) is 4.58. The predicted molar refractivity (Wildman–Crippen MR) is 109 cm³/mol. The summed E-state index contributed by atoms with van der Waals surface area (Å²) in [6.07, 6.45) is 0.860. The number of nitrogens with two attached hydrogens (primary N) is 1. The van der Waals surface area contributed by atoms with Crippen molar-refractivity contribution in [3.63, 3.8) is 0 Å². The maximum absolute atomic E-state index is 13.1. The number of aryl methyl sites for hydroxylation is 1. The number of hydrogen-bond donors (Lipinski definition) is 3. The highest BCUT2D eigenvalue weighted by Crippen LogP contribution is 2.27. The molecule has 0 spiro atoms. The number of nitrogens with zero attached hydrogens (tertiary/aromatic N) is 1. The SMILES string of the molecule is CCC(S)C1N(C(=O)c2cccc(C)c2C)CCNC1(C)N.Cl.Cl. The number of thiol groups is 1. The second kappa shape index (κ2) is 9.30. The lowest BCUT2D eigenvalue weighted by Gasteiger charge is -2.49. The van der Waals surface area contributed by atoms with Crippen LogP contribution in [0.3, 0.4) is 0 Å². The molecule has 0 aliphatic carbocycles. The molecule has 3 atom stereocenters. The number of nitrogens with one attached hydrogen (secondary N) is 1. The van der Waals surface area contributed by atoms with Crippen LogP contribution in [0.4, 0.5) is 0 Å². The summed E-state index contributed by atoms with van der Waals surface area (Å²) in [5.74, 6) is 0.0527. The molecule has 3 unspecified atom stereocenters. The lowest BCUT2D eigenvalue weighted by atomic mass is 9.92. The standard InChI is InChI=1S/C17H27N3OS.2ClH/c1-5-14(22)15-17(4,18)19-9-10-20(15)16(21)13-8-6-7-11(2)12(13)3;;/h6-8,14-15,19,22H,5,9-10,18H2,1-4H3;2*1H. The van der Waals surface area contributed by atoms with Gasteiger partial charge in [-0.05, 0) is 44.4 Å². The molecule has 0 radical (unpaired) electrons. The fourth-order valence-electron chi connectivity index (χ4n) is 3.21. The van der Waals surface area contributed by atoms with E-state index in [1.807, 2.05) is 43.9 Å². The van der Waals surface area contributed by atoms with Crippen molar-refractivity contribution in [1.29, 1.82) is 0 Å². The topological polar surface area (TPSA) is 58.4 Å². The van der Waals surface area contributed by atoms with Gasteiger partial charge < -0.3 is 10.6 Å². The van der Waals surface area contributed by atoms with Crippen molar-refractivity contribution in [2.45, 2.75) is 51.1 Å². The van der Waals surface area contributed by atoms with Gasteiger partial charge in [0.15, 0.2) is 0 Å². The van der Waals surface area contributed by atoms with Gasteiger partial charge in [-0.25, -0.2) is 0 Å². The number of rotatable bonds is 3. The van der Waals surface area contributed by atoms with Crippen LogP contribution in [-0.2, 0) is 0 Å². The molecule has 1 aromatic carbocycles. The van der Waals surface area contributed by atoms with Crippen LogP contribution < -0.4 is 11.1 Å². The highest BCUT2D eigenvalue weighted by atomic mass is 35.5. The zero-order chi connectivity index (χ0) is 16.5. The second-order valence-electron chi connectivity index (χ2n) is 6.38. The third-order valence-corrected chi connectivity index (χ3v) is 5.33. The van der Waals surface area contributed by atoms with E-state index in [4.69, 9.17) is 5.73 Å². The third-order valence-electron chi connectivity index (χ3n) is 4.69. The average molecular weight is 394 g/mol. The molecule has 1 aliphatic heterocycles. The molecule has 0 aromatic heterocycles. The van der Waals surface area contributed by atoms with Crippen molar-refractivity contribution in [3.8, 4) is 0 Å². The number of hydrogen-bond acceptors (Lipinski definition) is 4. The Hall–Kier alpha value is -0.460. The van der Waals surface area contributed by atoms with E-state index in [-0.39, 0.29) is 42.0 Å². The molecule has 2 rings (SSSR count). The van der Waals surface area contributed by atoms with Gasteiger partial charge in [0.2, 0.25) is 0 Å². The summed E-state index contributed by atoms with van der Waals surface area (Å²) in [7, 11) is 0. The van der Waals surface area contributed by atoms with Gasteiger partial charge in [0.1, 0.15) is 0 Å². The Bertz CT molecular complexity index is 569. The van der Waals surface area contributed by atoms with Crippen molar-refractivity contribution in [2.75, 3.05) is 13.1 Å². The maximum atomic E-state index is 13.1. The molecule has 1 amide bonds. The van der Waals surface area contributed by atoms with Crippen LogP contribution in [-0.4, -0.2) is 40.9 Å². The van der Waals surface area contributed by atoms with Crippen LogP contribution in [0.15, 0.2) is 18.2 Å². The quantitative estimate of drug-likeness (QED) is 0.691. The molecule has 138 valence electrons. The van der Waals surface area contributed by atoms with Gasteiger partial charge in [0.25, 0.3) is 5.91 Å². The predicted octanol–water partition coefficient (Wildman–Crippen LogP) is 2.94. The molecule has 0 saturated carbocycles. The molecule has 1 fully saturated rings. The molecule has 0 bridgehead atoms. The van der Waals surface area contributed by atoms with E-state index >= 15 is 0 Å². The van der Waals surface area contributed by atoms with Crippen LogP contribution in [0.2, 0.25) is 0 Å². The first kappa shape index (κ1) is 23.5. The fourth-order valence-corrected chi connectivity index (χ4v) is 3.68. The molecule has 4 nitrogen and oxygen atoms in total. The van der Waals surface area contributed by atoms with Crippen molar-refractivity contribution in [3.05, 3.63) is 34.9 Å². The van der Waals surface area contributed by atoms with Gasteiger partial charge in [0.05, 0.1) is 11.7 Å².